The number of carbonyl (C=O) groups is 1. The molecule has 0 aliphatic carbocycles. The highest BCUT2D eigenvalue weighted by molar-refractivity contribution is 7.97. The lowest BCUT2D eigenvalue weighted by molar-refractivity contribution is 0.0697. The molecule has 0 aromatic heterocycles. The number of carboxylic acid groups (broad SMARTS) is 1. The van der Waals surface area contributed by atoms with E-state index in [1.54, 1.807) is 30.0 Å². The molecule has 0 amide bonds. The standard InChI is InChI=1S/C19H16O2S/c20-19(21)16-8-3-5-14(11-16)12-22-13-17-9-4-7-15-6-1-2-10-18(15)17/h1-11H,12-13H2,(H,20,21). The largest absolute Gasteiger partial charge is 0.478 e. The zero-order valence-electron chi connectivity index (χ0n) is 12.0. The van der Waals surface area contributed by atoms with Gasteiger partial charge in [0, 0.05) is 11.5 Å². The minimum Gasteiger partial charge on any atom is -0.478 e. The summed E-state index contributed by atoms with van der Waals surface area (Å²) < 4.78 is 0. The van der Waals surface area contributed by atoms with Crippen molar-refractivity contribution < 1.29 is 9.90 Å². The van der Waals surface area contributed by atoms with Crippen LogP contribution >= 0.6 is 11.8 Å². The molecule has 0 heterocycles. The van der Waals surface area contributed by atoms with Crippen molar-refractivity contribution in [1.82, 2.24) is 0 Å². The molecule has 0 atom stereocenters. The van der Waals surface area contributed by atoms with E-state index < -0.39 is 5.97 Å². The van der Waals surface area contributed by atoms with Crippen LogP contribution in [-0.4, -0.2) is 11.1 Å². The minimum absolute atomic E-state index is 0.350. The predicted molar refractivity (Wildman–Crippen MR) is 92.3 cm³/mol. The lowest BCUT2D eigenvalue weighted by atomic mass is 10.1. The lowest BCUT2D eigenvalue weighted by Gasteiger charge is -2.07. The molecule has 2 nitrogen and oxygen atoms in total. The fourth-order valence-electron chi connectivity index (χ4n) is 2.49. The Balaban J connectivity index is 1.70. The maximum atomic E-state index is 11.0. The first-order valence-electron chi connectivity index (χ1n) is 7.10. The molecule has 1 N–H and O–H groups in total. The molecule has 22 heavy (non-hydrogen) atoms. The van der Waals surface area contributed by atoms with Gasteiger partial charge in [-0.1, -0.05) is 54.6 Å². The maximum Gasteiger partial charge on any atom is 0.335 e. The van der Waals surface area contributed by atoms with Gasteiger partial charge in [0.05, 0.1) is 5.56 Å². The van der Waals surface area contributed by atoms with Crippen LogP contribution in [0.15, 0.2) is 66.7 Å². The van der Waals surface area contributed by atoms with Gasteiger partial charge in [-0.3, -0.25) is 0 Å². The van der Waals surface area contributed by atoms with Gasteiger partial charge in [-0.2, -0.15) is 11.8 Å². The zero-order chi connectivity index (χ0) is 15.4. The van der Waals surface area contributed by atoms with E-state index in [1.165, 1.54) is 16.3 Å². The van der Waals surface area contributed by atoms with Gasteiger partial charge in [-0.25, -0.2) is 4.79 Å². The number of hydrogen-bond acceptors (Lipinski definition) is 2. The second-order valence-electron chi connectivity index (χ2n) is 5.14. The van der Waals surface area contributed by atoms with Crippen LogP contribution in [0.3, 0.4) is 0 Å². The summed E-state index contributed by atoms with van der Waals surface area (Å²) in [5.41, 5.74) is 2.71. The van der Waals surface area contributed by atoms with E-state index in [4.69, 9.17) is 5.11 Å². The van der Waals surface area contributed by atoms with Crippen LogP contribution in [0.1, 0.15) is 21.5 Å². The van der Waals surface area contributed by atoms with Crippen molar-refractivity contribution in [3.8, 4) is 0 Å². The summed E-state index contributed by atoms with van der Waals surface area (Å²) in [7, 11) is 0. The van der Waals surface area contributed by atoms with Crippen molar-refractivity contribution in [3.63, 3.8) is 0 Å². The summed E-state index contributed by atoms with van der Waals surface area (Å²) in [5, 5.41) is 11.6. The van der Waals surface area contributed by atoms with Crippen LogP contribution in [0.4, 0.5) is 0 Å². The van der Waals surface area contributed by atoms with Gasteiger partial charge in [-0.05, 0) is 34.0 Å². The Morgan fingerprint density at radius 2 is 1.68 bits per heavy atom. The van der Waals surface area contributed by atoms with Crippen molar-refractivity contribution in [2.75, 3.05) is 0 Å². The second kappa shape index (κ2) is 6.67. The fourth-order valence-corrected chi connectivity index (χ4v) is 3.48. The minimum atomic E-state index is -0.874. The number of carboxylic acids is 1. The molecular weight excluding hydrogens is 292 g/mol. The Morgan fingerprint density at radius 3 is 2.55 bits per heavy atom. The quantitative estimate of drug-likeness (QED) is 0.723. The molecule has 3 rings (SSSR count). The van der Waals surface area contributed by atoms with Gasteiger partial charge in [0.1, 0.15) is 0 Å². The van der Waals surface area contributed by atoms with Crippen LogP contribution < -0.4 is 0 Å². The molecule has 110 valence electrons. The fraction of sp³-hybridized carbons (Fsp3) is 0.105. The van der Waals surface area contributed by atoms with Crippen molar-refractivity contribution >= 4 is 28.5 Å². The molecule has 0 saturated heterocycles. The van der Waals surface area contributed by atoms with Crippen molar-refractivity contribution in [2.45, 2.75) is 11.5 Å². The number of fused-ring (bicyclic) bond motifs is 1. The summed E-state index contributed by atoms with van der Waals surface area (Å²) in [5.74, 6) is 0.851. The highest BCUT2D eigenvalue weighted by atomic mass is 32.2. The van der Waals surface area contributed by atoms with Crippen LogP contribution in [0.5, 0.6) is 0 Å². The number of thioether (sulfide) groups is 1. The lowest BCUT2D eigenvalue weighted by Crippen LogP contribution is -1.96. The van der Waals surface area contributed by atoms with Gasteiger partial charge < -0.3 is 5.11 Å². The predicted octanol–water partition coefficient (Wildman–Crippen LogP) is 4.97. The third-order valence-electron chi connectivity index (χ3n) is 3.58. The molecule has 0 aliphatic heterocycles. The molecule has 3 aromatic carbocycles. The van der Waals surface area contributed by atoms with E-state index in [-0.39, 0.29) is 0 Å². The molecule has 0 unspecified atom stereocenters. The molecule has 0 spiro atoms. The van der Waals surface area contributed by atoms with Gasteiger partial charge in [-0.15, -0.1) is 0 Å². The van der Waals surface area contributed by atoms with Crippen LogP contribution in [0.2, 0.25) is 0 Å². The average Bonchev–Trinajstić information content (AvgIpc) is 2.55. The molecule has 0 fully saturated rings. The Bertz CT molecular complexity index is 806. The maximum absolute atomic E-state index is 11.0. The Kier molecular flexibility index (Phi) is 4.45. The number of hydrogen-bond donors (Lipinski definition) is 1. The van der Waals surface area contributed by atoms with Gasteiger partial charge in [0.2, 0.25) is 0 Å². The van der Waals surface area contributed by atoms with Gasteiger partial charge in [0.15, 0.2) is 0 Å². The normalized spacial score (nSPS) is 10.7. The van der Waals surface area contributed by atoms with Crippen LogP contribution in [0, 0.1) is 0 Å². The molecule has 0 radical (unpaired) electrons. The highest BCUT2D eigenvalue weighted by Gasteiger charge is 2.04. The summed E-state index contributed by atoms with van der Waals surface area (Å²) in [6, 6.07) is 21.9. The first-order valence-corrected chi connectivity index (χ1v) is 8.26. The van der Waals surface area contributed by atoms with Gasteiger partial charge in [0.25, 0.3) is 0 Å². The van der Waals surface area contributed by atoms with E-state index >= 15 is 0 Å². The van der Waals surface area contributed by atoms with Crippen molar-refractivity contribution in [2.24, 2.45) is 0 Å². The molecule has 3 heteroatoms. The van der Waals surface area contributed by atoms with Crippen molar-refractivity contribution in [1.29, 1.82) is 0 Å². The smallest absolute Gasteiger partial charge is 0.335 e. The number of aromatic carboxylic acids is 1. The molecule has 0 bridgehead atoms. The monoisotopic (exact) mass is 308 g/mol. The Hall–Kier alpha value is -2.26. The average molecular weight is 308 g/mol. The topological polar surface area (TPSA) is 37.3 Å². The highest BCUT2D eigenvalue weighted by Crippen LogP contribution is 2.24. The second-order valence-corrected chi connectivity index (χ2v) is 6.12. The van der Waals surface area contributed by atoms with Gasteiger partial charge >= 0.3 is 5.97 Å². The summed E-state index contributed by atoms with van der Waals surface area (Å²) in [4.78, 5) is 11.0. The van der Waals surface area contributed by atoms with E-state index in [9.17, 15) is 4.79 Å². The Labute approximate surface area is 133 Å². The zero-order valence-corrected chi connectivity index (χ0v) is 12.8. The summed E-state index contributed by atoms with van der Waals surface area (Å²) in [6.45, 7) is 0. The Morgan fingerprint density at radius 1 is 0.909 bits per heavy atom. The third kappa shape index (κ3) is 3.31. The summed E-state index contributed by atoms with van der Waals surface area (Å²) in [6.07, 6.45) is 0. The van der Waals surface area contributed by atoms with E-state index in [0.717, 1.165) is 17.1 Å². The molecule has 0 aliphatic rings. The SMILES string of the molecule is O=C(O)c1cccc(CSCc2cccc3ccccc23)c1. The number of rotatable bonds is 5. The van der Waals surface area contributed by atoms with Crippen LogP contribution in [0.25, 0.3) is 10.8 Å². The van der Waals surface area contributed by atoms with E-state index in [2.05, 4.69) is 42.5 Å². The molecule has 3 aromatic rings. The van der Waals surface area contributed by atoms with E-state index in [0.29, 0.717) is 5.56 Å². The first kappa shape index (κ1) is 14.7. The third-order valence-corrected chi connectivity index (χ3v) is 4.63. The van der Waals surface area contributed by atoms with Crippen LogP contribution in [-0.2, 0) is 11.5 Å². The molecular formula is C19H16O2S. The summed E-state index contributed by atoms with van der Waals surface area (Å²) >= 11 is 1.80. The first-order chi connectivity index (χ1) is 10.7. The van der Waals surface area contributed by atoms with Crippen molar-refractivity contribution in [3.05, 3.63) is 83.4 Å². The number of benzene rings is 3. The molecule has 0 saturated carbocycles. The van der Waals surface area contributed by atoms with E-state index in [1.807, 2.05) is 6.07 Å².